The first-order chi connectivity index (χ1) is 7.62. The van der Waals surface area contributed by atoms with Gasteiger partial charge >= 0.3 is 5.97 Å². The van der Waals surface area contributed by atoms with Gasteiger partial charge in [-0.1, -0.05) is 0 Å². The molecule has 0 atom stereocenters. The van der Waals surface area contributed by atoms with E-state index in [1.54, 1.807) is 11.3 Å². The average molecular weight is 237 g/mol. The predicted octanol–water partition coefficient (Wildman–Crippen LogP) is 1.85. The molecule has 1 aliphatic heterocycles. The molecule has 0 radical (unpaired) electrons. The van der Waals surface area contributed by atoms with Gasteiger partial charge in [0, 0.05) is 22.8 Å². The molecule has 3 rings (SSSR count). The number of thiophene rings is 1. The van der Waals surface area contributed by atoms with Crippen LogP contribution in [0.5, 0.6) is 0 Å². The maximum atomic E-state index is 11.3. The SMILES string of the molecule is CN1CCc2sc(C3(C(=O)O)CC3)cc2C1. The summed E-state index contributed by atoms with van der Waals surface area (Å²) >= 11 is 1.73. The van der Waals surface area contributed by atoms with Gasteiger partial charge in [-0.15, -0.1) is 11.3 Å². The van der Waals surface area contributed by atoms with Crippen LogP contribution >= 0.6 is 11.3 Å². The van der Waals surface area contributed by atoms with E-state index in [4.69, 9.17) is 0 Å². The highest BCUT2D eigenvalue weighted by atomic mass is 32.1. The number of hydrogen-bond donors (Lipinski definition) is 1. The Bertz CT molecular complexity index is 448. The maximum Gasteiger partial charge on any atom is 0.314 e. The number of likely N-dealkylation sites (N-methyl/N-ethyl adjacent to an activating group) is 1. The van der Waals surface area contributed by atoms with E-state index in [0.29, 0.717) is 0 Å². The lowest BCUT2D eigenvalue weighted by Crippen LogP contribution is -2.25. The molecule has 0 spiro atoms. The topological polar surface area (TPSA) is 40.5 Å². The van der Waals surface area contributed by atoms with Gasteiger partial charge in [-0.05, 0) is 37.9 Å². The zero-order valence-corrected chi connectivity index (χ0v) is 10.1. The highest BCUT2D eigenvalue weighted by Crippen LogP contribution is 2.51. The molecule has 0 aromatic carbocycles. The third kappa shape index (κ3) is 1.40. The van der Waals surface area contributed by atoms with E-state index >= 15 is 0 Å². The van der Waals surface area contributed by atoms with Crippen LogP contribution in [0.1, 0.15) is 28.2 Å². The molecule has 0 unspecified atom stereocenters. The summed E-state index contributed by atoms with van der Waals surface area (Å²) in [4.78, 5) is 16.0. The van der Waals surface area contributed by atoms with Gasteiger partial charge in [-0.3, -0.25) is 4.79 Å². The lowest BCUT2D eigenvalue weighted by atomic mass is 10.0. The molecule has 3 nitrogen and oxygen atoms in total. The van der Waals surface area contributed by atoms with Crippen molar-refractivity contribution in [3.63, 3.8) is 0 Å². The van der Waals surface area contributed by atoms with Crippen LogP contribution in [0.4, 0.5) is 0 Å². The van der Waals surface area contributed by atoms with Gasteiger partial charge in [-0.2, -0.15) is 0 Å². The lowest BCUT2D eigenvalue weighted by Gasteiger charge is -2.21. The first-order valence-electron chi connectivity index (χ1n) is 5.66. The maximum absolute atomic E-state index is 11.3. The Labute approximate surface area is 98.7 Å². The first kappa shape index (κ1) is 10.3. The summed E-state index contributed by atoms with van der Waals surface area (Å²) in [6.45, 7) is 2.06. The molecule has 0 bridgehead atoms. The Kier molecular flexibility index (Phi) is 2.13. The summed E-state index contributed by atoms with van der Waals surface area (Å²) < 4.78 is 0. The van der Waals surface area contributed by atoms with Crippen molar-refractivity contribution in [2.24, 2.45) is 0 Å². The van der Waals surface area contributed by atoms with Crippen LogP contribution in [0.15, 0.2) is 6.07 Å². The number of carbonyl (C=O) groups is 1. The van der Waals surface area contributed by atoms with Gasteiger partial charge in [0.1, 0.15) is 5.41 Å². The minimum absolute atomic E-state index is 0.513. The van der Waals surface area contributed by atoms with Gasteiger partial charge in [0.05, 0.1) is 0 Å². The highest BCUT2D eigenvalue weighted by Gasteiger charge is 2.53. The van der Waals surface area contributed by atoms with E-state index < -0.39 is 11.4 Å². The standard InChI is InChI=1S/C12H15NO2S/c1-13-5-2-9-8(7-13)6-10(16-9)12(3-4-12)11(14)15/h6H,2-5,7H2,1H3,(H,14,15). The van der Waals surface area contributed by atoms with Crippen molar-refractivity contribution in [2.75, 3.05) is 13.6 Å². The van der Waals surface area contributed by atoms with Gasteiger partial charge in [0.15, 0.2) is 0 Å². The molecular weight excluding hydrogens is 222 g/mol. The van der Waals surface area contributed by atoms with E-state index in [1.165, 1.54) is 10.4 Å². The summed E-state index contributed by atoms with van der Waals surface area (Å²) in [5.74, 6) is -0.639. The van der Waals surface area contributed by atoms with Gasteiger partial charge in [-0.25, -0.2) is 0 Å². The molecule has 4 heteroatoms. The third-order valence-electron chi connectivity index (χ3n) is 3.69. The second-order valence-corrected chi connectivity index (χ2v) is 6.07. The normalized spacial score (nSPS) is 22.8. The predicted molar refractivity (Wildman–Crippen MR) is 62.9 cm³/mol. The zero-order chi connectivity index (χ0) is 11.3. The fraction of sp³-hybridized carbons (Fsp3) is 0.583. The molecule has 1 N–H and O–H groups in total. The molecule has 16 heavy (non-hydrogen) atoms. The Morgan fingerprint density at radius 1 is 1.56 bits per heavy atom. The number of rotatable bonds is 2. The number of carboxylic acids is 1. The van der Waals surface area contributed by atoms with Crippen molar-refractivity contribution in [3.8, 4) is 0 Å². The average Bonchev–Trinajstić information content (AvgIpc) is 2.94. The fourth-order valence-corrected chi connectivity index (χ4v) is 3.80. The highest BCUT2D eigenvalue weighted by molar-refractivity contribution is 7.12. The number of carboxylic acid groups (broad SMARTS) is 1. The second-order valence-electron chi connectivity index (χ2n) is 4.93. The summed E-state index contributed by atoms with van der Waals surface area (Å²) in [6, 6.07) is 2.14. The number of aliphatic carboxylic acids is 1. The summed E-state index contributed by atoms with van der Waals surface area (Å²) in [7, 11) is 2.12. The first-order valence-corrected chi connectivity index (χ1v) is 6.47. The molecule has 1 aromatic rings. The Balaban J connectivity index is 1.96. The van der Waals surface area contributed by atoms with Crippen molar-refractivity contribution in [3.05, 3.63) is 21.4 Å². The number of hydrogen-bond acceptors (Lipinski definition) is 3. The van der Waals surface area contributed by atoms with Crippen molar-refractivity contribution in [1.82, 2.24) is 4.90 Å². The Morgan fingerprint density at radius 3 is 2.94 bits per heavy atom. The van der Waals surface area contributed by atoms with E-state index in [9.17, 15) is 9.90 Å². The molecule has 2 aliphatic rings. The van der Waals surface area contributed by atoms with Crippen LogP contribution in [0.3, 0.4) is 0 Å². The van der Waals surface area contributed by atoms with Gasteiger partial charge < -0.3 is 10.0 Å². The van der Waals surface area contributed by atoms with Crippen LogP contribution in [-0.2, 0) is 23.2 Å². The van der Waals surface area contributed by atoms with Gasteiger partial charge in [0.25, 0.3) is 0 Å². The summed E-state index contributed by atoms with van der Waals surface area (Å²) in [5.41, 5.74) is 0.835. The Hall–Kier alpha value is -0.870. The molecule has 1 aromatic heterocycles. The van der Waals surface area contributed by atoms with E-state index in [1.807, 2.05) is 0 Å². The Morgan fingerprint density at radius 2 is 2.31 bits per heavy atom. The van der Waals surface area contributed by atoms with Crippen molar-refractivity contribution < 1.29 is 9.90 Å². The second kappa shape index (κ2) is 3.31. The molecule has 1 aliphatic carbocycles. The van der Waals surface area contributed by atoms with E-state index in [2.05, 4.69) is 18.0 Å². The lowest BCUT2D eigenvalue weighted by molar-refractivity contribution is -0.139. The van der Waals surface area contributed by atoms with Crippen LogP contribution < -0.4 is 0 Å². The molecule has 86 valence electrons. The van der Waals surface area contributed by atoms with Crippen LogP contribution in [0, 0.1) is 0 Å². The fourth-order valence-electron chi connectivity index (χ4n) is 2.40. The van der Waals surface area contributed by atoms with Crippen LogP contribution in [0.25, 0.3) is 0 Å². The van der Waals surface area contributed by atoms with Gasteiger partial charge in [0.2, 0.25) is 0 Å². The molecule has 0 saturated heterocycles. The zero-order valence-electron chi connectivity index (χ0n) is 9.32. The third-order valence-corrected chi connectivity index (χ3v) is 5.13. The molecule has 2 heterocycles. The summed E-state index contributed by atoms with van der Waals surface area (Å²) in [6.07, 6.45) is 2.71. The van der Waals surface area contributed by atoms with Crippen LogP contribution in [0.2, 0.25) is 0 Å². The molecule has 1 saturated carbocycles. The summed E-state index contributed by atoms with van der Waals surface area (Å²) in [5, 5.41) is 9.27. The largest absolute Gasteiger partial charge is 0.481 e. The van der Waals surface area contributed by atoms with Crippen molar-refractivity contribution >= 4 is 17.3 Å². The minimum Gasteiger partial charge on any atom is -0.481 e. The molecular formula is C12H15NO2S. The number of nitrogens with zero attached hydrogens (tertiary/aromatic N) is 1. The van der Waals surface area contributed by atoms with Crippen LogP contribution in [-0.4, -0.2) is 29.6 Å². The number of fused-ring (bicyclic) bond motifs is 1. The molecule has 1 fully saturated rings. The van der Waals surface area contributed by atoms with Crippen molar-refractivity contribution in [2.45, 2.75) is 31.2 Å². The van der Waals surface area contributed by atoms with E-state index in [0.717, 1.165) is 37.2 Å². The minimum atomic E-state index is -0.639. The van der Waals surface area contributed by atoms with E-state index in [-0.39, 0.29) is 0 Å². The van der Waals surface area contributed by atoms with Crippen molar-refractivity contribution in [1.29, 1.82) is 0 Å². The molecule has 0 amide bonds. The smallest absolute Gasteiger partial charge is 0.314 e. The monoisotopic (exact) mass is 237 g/mol. The quantitative estimate of drug-likeness (QED) is 0.853.